The van der Waals surface area contributed by atoms with Crippen LogP contribution in [0.25, 0.3) is 0 Å². The van der Waals surface area contributed by atoms with Crippen LogP contribution in [0.3, 0.4) is 0 Å². The summed E-state index contributed by atoms with van der Waals surface area (Å²) in [6.45, 7) is 6.76. The van der Waals surface area contributed by atoms with Crippen molar-refractivity contribution in [2.24, 2.45) is 5.92 Å². The number of piperidine rings is 1. The molecule has 2 heterocycles. The maximum Gasteiger partial charge on any atom is 0.243 e. The summed E-state index contributed by atoms with van der Waals surface area (Å²) in [5.41, 5.74) is 0.828. The van der Waals surface area contributed by atoms with Crippen molar-refractivity contribution in [1.82, 2.24) is 15.2 Å². The molecule has 0 bridgehead atoms. The van der Waals surface area contributed by atoms with Crippen molar-refractivity contribution in [1.29, 1.82) is 0 Å². The molecule has 2 amide bonds. The van der Waals surface area contributed by atoms with E-state index >= 15 is 0 Å². The second-order valence-electron chi connectivity index (χ2n) is 6.67. The van der Waals surface area contributed by atoms with Gasteiger partial charge in [0, 0.05) is 19.2 Å². The molecular formula is C18H27N3O2. The van der Waals surface area contributed by atoms with Gasteiger partial charge in [0.05, 0.1) is 11.7 Å². The Kier molecular flexibility index (Phi) is 6.13. The van der Waals surface area contributed by atoms with Crippen molar-refractivity contribution in [2.45, 2.75) is 58.5 Å². The summed E-state index contributed by atoms with van der Waals surface area (Å²) in [4.78, 5) is 31.0. The summed E-state index contributed by atoms with van der Waals surface area (Å²) in [7, 11) is 0. The third kappa shape index (κ3) is 4.78. The van der Waals surface area contributed by atoms with E-state index in [4.69, 9.17) is 0 Å². The van der Waals surface area contributed by atoms with Crippen molar-refractivity contribution in [3.8, 4) is 0 Å². The number of likely N-dealkylation sites (tertiary alicyclic amines) is 1. The summed E-state index contributed by atoms with van der Waals surface area (Å²) in [6.07, 6.45) is 4.86. The highest BCUT2D eigenvalue weighted by Crippen LogP contribution is 2.20. The lowest BCUT2D eigenvalue weighted by Crippen LogP contribution is -2.52. The molecule has 1 N–H and O–H groups in total. The minimum Gasteiger partial charge on any atom is -0.346 e. The normalized spacial score (nSPS) is 17.9. The van der Waals surface area contributed by atoms with Crippen LogP contribution in [0.1, 0.15) is 58.2 Å². The highest BCUT2D eigenvalue weighted by atomic mass is 16.2. The Morgan fingerprint density at radius 1 is 1.30 bits per heavy atom. The van der Waals surface area contributed by atoms with Crippen LogP contribution in [0.5, 0.6) is 0 Å². The van der Waals surface area contributed by atoms with Gasteiger partial charge in [0.15, 0.2) is 0 Å². The van der Waals surface area contributed by atoms with Crippen LogP contribution in [-0.2, 0) is 9.59 Å². The molecule has 1 saturated heterocycles. The standard InChI is InChI=1S/C18H27N3O2/c1-13(2)12-16(21-11-7-5-9-17(21)22)18(23)20-14(3)15-8-4-6-10-19-15/h4,6,8,10,13-14,16H,5,7,9,11-12H2,1-3H3,(H,20,23)/t14-,16-/m0/s1. The Balaban J connectivity index is 2.08. The summed E-state index contributed by atoms with van der Waals surface area (Å²) in [6, 6.07) is 5.11. The number of carbonyl (C=O) groups is 2. The van der Waals surface area contributed by atoms with Gasteiger partial charge < -0.3 is 10.2 Å². The maximum atomic E-state index is 12.8. The first-order valence-electron chi connectivity index (χ1n) is 8.49. The highest BCUT2D eigenvalue weighted by Gasteiger charge is 2.32. The van der Waals surface area contributed by atoms with Gasteiger partial charge in [-0.1, -0.05) is 19.9 Å². The van der Waals surface area contributed by atoms with Crippen LogP contribution in [0.15, 0.2) is 24.4 Å². The Labute approximate surface area is 138 Å². The zero-order valence-corrected chi connectivity index (χ0v) is 14.3. The van der Waals surface area contributed by atoms with E-state index in [1.54, 1.807) is 11.1 Å². The molecule has 5 heteroatoms. The summed E-state index contributed by atoms with van der Waals surface area (Å²) < 4.78 is 0. The molecule has 0 spiro atoms. The Hall–Kier alpha value is -1.91. The first kappa shape index (κ1) is 17.4. The fraction of sp³-hybridized carbons (Fsp3) is 0.611. The van der Waals surface area contributed by atoms with E-state index in [9.17, 15) is 9.59 Å². The molecule has 1 aromatic rings. The van der Waals surface area contributed by atoms with Gasteiger partial charge in [0.2, 0.25) is 11.8 Å². The van der Waals surface area contributed by atoms with Crippen LogP contribution >= 0.6 is 0 Å². The average Bonchev–Trinajstić information content (AvgIpc) is 2.54. The number of hydrogen-bond acceptors (Lipinski definition) is 3. The Morgan fingerprint density at radius 2 is 2.09 bits per heavy atom. The quantitative estimate of drug-likeness (QED) is 0.877. The lowest BCUT2D eigenvalue weighted by molar-refractivity contribution is -0.143. The zero-order valence-electron chi connectivity index (χ0n) is 14.3. The SMILES string of the molecule is CC(C)C[C@@H](C(=O)N[C@@H](C)c1ccccn1)N1CCCCC1=O. The molecule has 1 aliphatic heterocycles. The van der Waals surface area contributed by atoms with Crippen molar-refractivity contribution in [2.75, 3.05) is 6.54 Å². The van der Waals surface area contributed by atoms with Gasteiger partial charge in [0.1, 0.15) is 6.04 Å². The number of hydrogen-bond donors (Lipinski definition) is 1. The van der Waals surface area contributed by atoms with Gasteiger partial charge in [-0.25, -0.2) is 0 Å². The molecule has 0 aliphatic carbocycles. The predicted molar refractivity (Wildman–Crippen MR) is 89.6 cm³/mol. The fourth-order valence-corrected chi connectivity index (χ4v) is 2.99. The summed E-state index contributed by atoms with van der Waals surface area (Å²) >= 11 is 0. The molecule has 126 valence electrons. The molecular weight excluding hydrogens is 290 g/mol. The van der Waals surface area contributed by atoms with E-state index < -0.39 is 0 Å². The number of nitrogens with one attached hydrogen (secondary N) is 1. The van der Waals surface area contributed by atoms with Gasteiger partial charge in [-0.05, 0) is 44.2 Å². The third-order valence-corrected chi connectivity index (χ3v) is 4.22. The van der Waals surface area contributed by atoms with Crippen molar-refractivity contribution < 1.29 is 9.59 Å². The molecule has 1 aliphatic rings. The van der Waals surface area contributed by atoms with Crippen LogP contribution in [0.2, 0.25) is 0 Å². The fourth-order valence-electron chi connectivity index (χ4n) is 2.99. The smallest absolute Gasteiger partial charge is 0.243 e. The molecule has 2 atom stereocenters. The molecule has 23 heavy (non-hydrogen) atoms. The van der Waals surface area contributed by atoms with Crippen LogP contribution < -0.4 is 5.32 Å². The number of amides is 2. The first-order chi connectivity index (χ1) is 11.0. The lowest BCUT2D eigenvalue weighted by atomic mass is 9.98. The van der Waals surface area contributed by atoms with Gasteiger partial charge >= 0.3 is 0 Å². The Bertz CT molecular complexity index is 530. The number of carbonyl (C=O) groups excluding carboxylic acids is 2. The van der Waals surface area contributed by atoms with Gasteiger partial charge in [0.25, 0.3) is 0 Å². The molecule has 0 radical (unpaired) electrons. The first-order valence-corrected chi connectivity index (χ1v) is 8.49. The van der Waals surface area contributed by atoms with E-state index in [1.807, 2.05) is 25.1 Å². The second kappa shape index (κ2) is 8.09. The minimum absolute atomic E-state index is 0.0768. The monoisotopic (exact) mass is 317 g/mol. The second-order valence-corrected chi connectivity index (χ2v) is 6.67. The minimum atomic E-state index is -0.381. The topological polar surface area (TPSA) is 62.3 Å². The van der Waals surface area contributed by atoms with Crippen LogP contribution in [0.4, 0.5) is 0 Å². The van der Waals surface area contributed by atoms with Crippen molar-refractivity contribution in [3.63, 3.8) is 0 Å². The molecule has 1 fully saturated rings. The molecule has 5 nitrogen and oxygen atoms in total. The summed E-state index contributed by atoms with van der Waals surface area (Å²) in [5, 5.41) is 3.02. The van der Waals surface area contributed by atoms with Crippen LogP contribution in [0, 0.1) is 5.92 Å². The average molecular weight is 317 g/mol. The largest absolute Gasteiger partial charge is 0.346 e. The number of pyridine rings is 1. The van der Waals surface area contributed by atoms with Gasteiger partial charge in [-0.3, -0.25) is 14.6 Å². The number of aromatic nitrogens is 1. The molecule has 0 unspecified atom stereocenters. The van der Waals surface area contributed by atoms with Gasteiger partial charge in [-0.2, -0.15) is 0 Å². The lowest BCUT2D eigenvalue weighted by Gasteiger charge is -2.35. The van der Waals surface area contributed by atoms with Gasteiger partial charge in [-0.15, -0.1) is 0 Å². The van der Waals surface area contributed by atoms with Crippen molar-refractivity contribution >= 4 is 11.8 Å². The highest BCUT2D eigenvalue weighted by molar-refractivity contribution is 5.88. The summed E-state index contributed by atoms with van der Waals surface area (Å²) in [5.74, 6) is 0.375. The molecule has 0 aromatic carbocycles. The molecule has 0 saturated carbocycles. The molecule has 2 rings (SSSR count). The maximum absolute atomic E-state index is 12.8. The van der Waals surface area contributed by atoms with Crippen molar-refractivity contribution in [3.05, 3.63) is 30.1 Å². The van der Waals surface area contributed by atoms with E-state index in [1.165, 1.54) is 0 Å². The van der Waals surface area contributed by atoms with E-state index in [0.717, 1.165) is 18.5 Å². The van der Waals surface area contributed by atoms with E-state index in [2.05, 4.69) is 24.1 Å². The van der Waals surface area contributed by atoms with E-state index in [-0.39, 0.29) is 23.9 Å². The van der Waals surface area contributed by atoms with E-state index in [0.29, 0.717) is 25.3 Å². The number of rotatable bonds is 6. The Morgan fingerprint density at radius 3 is 2.70 bits per heavy atom. The predicted octanol–water partition coefficient (Wildman–Crippen LogP) is 2.69. The molecule has 1 aromatic heterocycles. The third-order valence-electron chi connectivity index (χ3n) is 4.22. The zero-order chi connectivity index (χ0) is 16.8. The van der Waals surface area contributed by atoms with Crippen LogP contribution in [-0.4, -0.2) is 34.3 Å². The number of nitrogens with zero attached hydrogens (tertiary/aromatic N) is 2.